The molecule has 0 saturated carbocycles. The lowest BCUT2D eigenvalue weighted by molar-refractivity contribution is 0.262. The van der Waals surface area contributed by atoms with Gasteiger partial charge in [0.05, 0.1) is 0 Å². The van der Waals surface area contributed by atoms with Gasteiger partial charge < -0.3 is 5.11 Å². The van der Waals surface area contributed by atoms with Gasteiger partial charge >= 0.3 is 0 Å². The topological polar surface area (TPSA) is 20.2 Å². The summed E-state index contributed by atoms with van der Waals surface area (Å²) >= 11 is 1.96. The van der Waals surface area contributed by atoms with Gasteiger partial charge in [0.1, 0.15) is 0 Å². The van der Waals surface area contributed by atoms with Crippen LogP contribution in [0.1, 0.15) is 36.8 Å². The molecule has 1 N–H and O–H groups in total. The maximum Gasteiger partial charge on any atom is 0.0499 e. The number of thioether (sulfide) groups is 1. The summed E-state index contributed by atoms with van der Waals surface area (Å²) in [7, 11) is 0. The van der Waals surface area contributed by atoms with E-state index < -0.39 is 0 Å². The molecule has 0 amide bonds. The number of benzene rings is 1. The molecule has 0 radical (unpaired) electrons. The molecule has 1 aromatic rings. The van der Waals surface area contributed by atoms with E-state index in [1.165, 1.54) is 34.6 Å². The fraction of sp³-hybridized carbons (Fsp3) is 0.538. The van der Waals surface area contributed by atoms with E-state index in [0.29, 0.717) is 5.92 Å². The van der Waals surface area contributed by atoms with E-state index in [1.54, 1.807) is 0 Å². The number of aliphatic hydroxyl groups is 1. The van der Waals surface area contributed by atoms with Gasteiger partial charge in [-0.2, -0.15) is 0 Å². The summed E-state index contributed by atoms with van der Waals surface area (Å²) in [6.45, 7) is 2.40. The molecule has 0 spiro atoms. The summed E-state index contributed by atoms with van der Waals surface area (Å²) in [5, 5.41) is 9.28. The Balaban J connectivity index is 2.27. The fourth-order valence-corrected chi connectivity index (χ4v) is 3.12. The molecule has 15 heavy (non-hydrogen) atoms. The van der Waals surface area contributed by atoms with Crippen LogP contribution in [0.2, 0.25) is 0 Å². The Morgan fingerprint density at radius 2 is 2.33 bits per heavy atom. The van der Waals surface area contributed by atoms with Crippen molar-refractivity contribution in [1.82, 2.24) is 0 Å². The lowest BCUT2D eigenvalue weighted by Crippen LogP contribution is -2.05. The van der Waals surface area contributed by atoms with Crippen molar-refractivity contribution in [3.63, 3.8) is 0 Å². The Bertz CT molecular complexity index is 331. The smallest absolute Gasteiger partial charge is 0.0499 e. The van der Waals surface area contributed by atoms with Crippen LogP contribution in [0.3, 0.4) is 0 Å². The molecule has 0 bridgehead atoms. The van der Waals surface area contributed by atoms with Gasteiger partial charge in [-0.3, -0.25) is 0 Å². The van der Waals surface area contributed by atoms with Crippen molar-refractivity contribution in [2.75, 3.05) is 12.4 Å². The number of rotatable bonds is 3. The summed E-state index contributed by atoms with van der Waals surface area (Å²) in [5.74, 6) is 1.58. The van der Waals surface area contributed by atoms with Gasteiger partial charge in [-0.25, -0.2) is 0 Å². The zero-order valence-corrected chi connectivity index (χ0v) is 10.0. The highest BCUT2D eigenvalue weighted by atomic mass is 32.2. The minimum atomic E-state index is 0.266. The van der Waals surface area contributed by atoms with Crippen molar-refractivity contribution in [3.8, 4) is 0 Å². The average Bonchev–Trinajstić information content (AvgIpc) is 2.30. The van der Waals surface area contributed by atoms with Crippen molar-refractivity contribution in [1.29, 1.82) is 0 Å². The fourth-order valence-electron chi connectivity index (χ4n) is 2.10. The van der Waals surface area contributed by atoms with Crippen LogP contribution in [0.5, 0.6) is 0 Å². The number of fused-ring (bicyclic) bond motifs is 1. The van der Waals surface area contributed by atoms with Gasteiger partial charge in [-0.1, -0.05) is 19.1 Å². The van der Waals surface area contributed by atoms with E-state index in [2.05, 4.69) is 25.1 Å². The Hall–Kier alpha value is -0.470. The molecule has 0 fully saturated rings. The van der Waals surface area contributed by atoms with Crippen molar-refractivity contribution in [2.45, 2.75) is 37.0 Å². The zero-order chi connectivity index (χ0) is 10.7. The van der Waals surface area contributed by atoms with Gasteiger partial charge in [-0.05, 0) is 42.2 Å². The van der Waals surface area contributed by atoms with Crippen molar-refractivity contribution < 1.29 is 5.11 Å². The summed E-state index contributed by atoms with van der Waals surface area (Å²) < 4.78 is 0. The molecule has 0 aromatic heterocycles. The molecular weight excluding hydrogens is 204 g/mol. The van der Waals surface area contributed by atoms with Crippen molar-refractivity contribution in [3.05, 3.63) is 29.3 Å². The third-order valence-electron chi connectivity index (χ3n) is 3.12. The lowest BCUT2D eigenvalue weighted by Gasteiger charge is -2.19. The van der Waals surface area contributed by atoms with Gasteiger partial charge in [0.2, 0.25) is 0 Å². The van der Waals surface area contributed by atoms with Crippen LogP contribution < -0.4 is 0 Å². The quantitative estimate of drug-likeness (QED) is 0.847. The van der Waals surface area contributed by atoms with E-state index in [-0.39, 0.29) is 6.61 Å². The molecule has 1 aliphatic rings. The molecule has 2 heteroatoms. The highest BCUT2D eigenvalue weighted by Crippen LogP contribution is 2.32. The minimum absolute atomic E-state index is 0.266. The normalized spacial score (nSPS) is 17.2. The Morgan fingerprint density at radius 3 is 3.07 bits per heavy atom. The first-order chi connectivity index (χ1) is 7.35. The van der Waals surface area contributed by atoms with E-state index in [0.717, 1.165) is 6.42 Å². The first-order valence-electron chi connectivity index (χ1n) is 5.71. The van der Waals surface area contributed by atoms with Gasteiger partial charge in [-0.15, -0.1) is 11.8 Å². The highest BCUT2D eigenvalue weighted by molar-refractivity contribution is 7.99. The monoisotopic (exact) mass is 222 g/mol. The highest BCUT2D eigenvalue weighted by Gasteiger charge is 2.13. The van der Waals surface area contributed by atoms with Gasteiger partial charge in [0, 0.05) is 17.4 Å². The van der Waals surface area contributed by atoms with E-state index in [4.69, 9.17) is 0 Å². The second kappa shape index (κ2) is 5.04. The molecule has 82 valence electrons. The van der Waals surface area contributed by atoms with E-state index in [1.807, 2.05) is 11.8 Å². The molecule has 1 nitrogen and oxygen atoms in total. The van der Waals surface area contributed by atoms with Crippen LogP contribution in [0.15, 0.2) is 23.1 Å². The predicted octanol–water partition coefficient (Wildman–Crippen LogP) is 3.21. The average molecular weight is 222 g/mol. The number of hydrogen-bond acceptors (Lipinski definition) is 2. The SMILES string of the molecule is CCC(CO)c1ccc2c(c1)CCCS2. The largest absolute Gasteiger partial charge is 0.396 e. The molecule has 1 heterocycles. The number of aliphatic hydroxyl groups excluding tert-OH is 1. The maximum absolute atomic E-state index is 9.28. The Labute approximate surface area is 95.9 Å². The van der Waals surface area contributed by atoms with E-state index in [9.17, 15) is 5.11 Å². The molecule has 1 unspecified atom stereocenters. The number of aryl methyl sites for hydroxylation is 1. The molecule has 1 aliphatic heterocycles. The summed E-state index contributed by atoms with van der Waals surface area (Å²) in [6, 6.07) is 6.71. The maximum atomic E-state index is 9.28. The molecule has 2 rings (SSSR count). The van der Waals surface area contributed by atoms with Crippen molar-refractivity contribution in [2.24, 2.45) is 0 Å². The first kappa shape index (κ1) is 11.0. The van der Waals surface area contributed by atoms with Crippen LogP contribution in [-0.4, -0.2) is 17.5 Å². The van der Waals surface area contributed by atoms with Crippen molar-refractivity contribution >= 4 is 11.8 Å². The van der Waals surface area contributed by atoms with E-state index >= 15 is 0 Å². The molecule has 0 aliphatic carbocycles. The molecule has 0 saturated heterocycles. The number of hydrogen-bond donors (Lipinski definition) is 1. The molecular formula is C13H18OS. The van der Waals surface area contributed by atoms with Gasteiger partial charge in [0.15, 0.2) is 0 Å². The minimum Gasteiger partial charge on any atom is -0.396 e. The third kappa shape index (κ3) is 2.37. The first-order valence-corrected chi connectivity index (χ1v) is 6.70. The molecule has 1 aromatic carbocycles. The standard InChI is InChI=1S/C13H18OS/c1-2-10(9-14)11-5-6-13-12(8-11)4-3-7-15-13/h5-6,8,10,14H,2-4,7,9H2,1H3. The summed E-state index contributed by atoms with van der Waals surface area (Å²) in [5.41, 5.74) is 2.79. The second-order valence-electron chi connectivity index (χ2n) is 4.11. The molecule has 1 atom stereocenters. The Kier molecular flexibility index (Phi) is 3.71. The van der Waals surface area contributed by atoms with Crippen LogP contribution in [0.25, 0.3) is 0 Å². The van der Waals surface area contributed by atoms with Crippen LogP contribution in [0.4, 0.5) is 0 Å². The van der Waals surface area contributed by atoms with Gasteiger partial charge in [0.25, 0.3) is 0 Å². The Morgan fingerprint density at radius 1 is 1.47 bits per heavy atom. The predicted molar refractivity (Wildman–Crippen MR) is 65.6 cm³/mol. The lowest BCUT2D eigenvalue weighted by atomic mass is 9.94. The summed E-state index contributed by atoms with van der Waals surface area (Å²) in [4.78, 5) is 1.44. The van der Waals surface area contributed by atoms with Crippen LogP contribution in [0, 0.1) is 0 Å². The third-order valence-corrected chi connectivity index (χ3v) is 4.32. The summed E-state index contributed by atoms with van der Waals surface area (Å²) in [6.07, 6.45) is 3.51. The second-order valence-corrected chi connectivity index (χ2v) is 5.24. The van der Waals surface area contributed by atoms with Crippen LogP contribution in [-0.2, 0) is 6.42 Å². The zero-order valence-electron chi connectivity index (χ0n) is 9.20. The van der Waals surface area contributed by atoms with Crippen LogP contribution >= 0.6 is 11.8 Å².